The average Bonchev–Trinajstić information content (AvgIpc) is 1.95. The minimum Gasteiger partial charge on any atom is -1.00 e. The van der Waals surface area contributed by atoms with Crippen molar-refractivity contribution >= 4 is 15.2 Å². The van der Waals surface area contributed by atoms with Crippen LogP contribution < -0.4 is 35.3 Å². The van der Waals surface area contributed by atoms with Crippen LogP contribution in [0.25, 0.3) is 0 Å². The smallest absolute Gasteiger partial charge is 1.00 e. The van der Waals surface area contributed by atoms with Gasteiger partial charge in [0, 0.05) is 6.42 Å². The second-order valence-corrected chi connectivity index (χ2v) is 6.76. The van der Waals surface area contributed by atoms with Crippen LogP contribution in [0, 0.1) is 0 Å². The Balaban J connectivity index is -0.0000000845. The summed E-state index contributed by atoms with van der Waals surface area (Å²) in [6.45, 7) is -0.0394. The number of rotatable bonds is 5. The summed E-state index contributed by atoms with van der Waals surface area (Å²) in [5, 5.41) is 5.91. The van der Waals surface area contributed by atoms with E-state index in [0.717, 1.165) is 0 Å². The first-order valence-corrected chi connectivity index (χ1v) is 6.82. The molecule has 0 bridgehead atoms. The van der Waals surface area contributed by atoms with Crippen molar-refractivity contribution in [3.05, 3.63) is 0 Å². The zero-order chi connectivity index (χ0) is 11.6. The number of hydrogen-bond donors (Lipinski definition) is 6. The van der Waals surface area contributed by atoms with Gasteiger partial charge in [0.05, 0.1) is 0 Å². The summed E-state index contributed by atoms with van der Waals surface area (Å²) in [6, 6.07) is 0. The molecule has 0 aliphatic heterocycles. The standard InChI is InChI=1S/C4H13NO7P2.Na.3H2O.H/c5-3-1-2-4(6,13(7,8)9)14(10,11)12;;;;;/h6H,1-3,5H2,(H2,7,8,9)(H2,10,11,12);;3*1H2;/q;+1;;;;-1. The molecule has 11 nitrogen and oxygen atoms in total. The van der Waals surface area contributed by atoms with Gasteiger partial charge in [0.25, 0.3) is 5.08 Å². The molecule has 0 aromatic rings. The Bertz CT molecular complexity index is 271. The molecular formula is C4H20NNaO10P2. The summed E-state index contributed by atoms with van der Waals surface area (Å²) in [7, 11) is -10.6. The Hall–Kier alpha value is 1.10. The van der Waals surface area contributed by atoms with Crippen LogP contribution in [0.2, 0.25) is 0 Å². The molecule has 0 fully saturated rings. The zero-order valence-corrected chi connectivity index (χ0v) is 13.4. The monoisotopic (exact) mass is 327 g/mol. The first-order chi connectivity index (χ1) is 6.06. The van der Waals surface area contributed by atoms with Gasteiger partial charge in [-0.15, -0.1) is 0 Å². The van der Waals surface area contributed by atoms with E-state index in [1.807, 2.05) is 0 Å². The number of nitrogens with two attached hydrogens (primary N) is 1. The Kier molecular flexibility index (Phi) is 18.9. The summed E-state index contributed by atoms with van der Waals surface area (Å²) in [4.78, 5) is 34.5. The van der Waals surface area contributed by atoms with Crippen LogP contribution in [0.15, 0.2) is 0 Å². The Morgan fingerprint density at radius 2 is 1.28 bits per heavy atom. The molecule has 0 spiro atoms. The van der Waals surface area contributed by atoms with E-state index in [9.17, 15) is 14.2 Å². The molecule has 0 aliphatic carbocycles. The maximum absolute atomic E-state index is 10.7. The molecule has 0 saturated heterocycles. The number of hydrogen-bond acceptors (Lipinski definition) is 4. The van der Waals surface area contributed by atoms with Gasteiger partial charge in [0.15, 0.2) is 0 Å². The van der Waals surface area contributed by atoms with E-state index in [1.54, 1.807) is 0 Å². The van der Waals surface area contributed by atoms with Gasteiger partial charge < -0.3 is 48.3 Å². The molecule has 14 heteroatoms. The summed E-state index contributed by atoms with van der Waals surface area (Å²) in [5.74, 6) is 0. The fourth-order valence-corrected chi connectivity index (χ4v) is 3.06. The molecule has 0 unspecified atom stereocenters. The Morgan fingerprint density at radius 1 is 1.00 bits per heavy atom. The van der Waals surface area contributed by atoms with Gasteiger partial charge >= 0.3 is 44.7 Å². The molecule has 0 aromatic heterocycles. The second-order valence-electron chi connectivity index (χ2n) is 2.75. The van der Waals surface area contributed by atoms with Crippen molar-refractivity contribution in [3.63, 3.8) is 0 Å². The van der Waals surface area contributed by atoms with Gasteiger partial charge in [-0.1, -0.05) is 0 Å². The largest absolute Gasteiger partial charge is 1.00 e. The average molecular weight is 327 g/mol. The van der Waals surface area contributed by atoms with Crippen LogP contribution >= 0.6 is 15.2 Å². The van der Waals surface area contributed by atoms with Crippen LogP contribution in [0.3, 0.4) is 0 Å². The molecule has 13 N–H and O–H groups in total. The molecular weight excluding hydrogens is 307 g/mol. The van der Waals surface area contributed by atoms with E-state index in [1.165, 1.54) is 0 Å². The topological polar surface area (TPSA) is 256 Å². The van der Waals surface area contributed by atoms with Gasteiger partial charge in [0.2, 0.25) is 0 Å². The van der Waals surface area contributed by atoms with Crippen molar-refractivity contribution in [2.45, 2.75) is 17.9 Å². The molecule has 0 aromatic carbocycles. The third kappa shape index (κ3) is 7.63. The molecule has 18 heavy (non-hydrogen) atoms. The van der Waals surface area contributed by atoms with Crippen molar-refractivity contribution in [1.82, 2.24) is 0 Å². The molecule has 0 radical (unpaired) electrons. The summed E-state index contributed by atoms with van der Waals surface area (Å²) >= 11 is 0. The summed E-state index contributed by atoms with van der Waals surface area (Å²) < 4.78 is 21.4. The van der Waals surface area contributed by atoms with Gasteiger partial charge in [-0.05, 0) is 13.0 Å². The Morgan fingerprint density at radius 3 is 1.44 bits per heavy atom. The third-order valence-corrected chi connectivity index (χ3v) is 5.53. The van der Waals surface area contributed by atoms with Crippen molar-refractivity contribution in [2.75, 3.05) is 6.54 Å². The molecule has 112 valence electrons. The molecule has 0 amide bonds. The predicted octanol–water partition coefficient (Wildman–Crippen LogP) is -6.63. The third-order valence-electron chi connectivity index (χ3n) is 1.65. The van der Waals surface area contributed by atoms with Gasteiger partial charge in [-0.2, -0.15) is 0 Å². The summed E-state index contributed by atoms with van der Waals surface area (Å²) in [5.41, 5.74) is 5.01. The fraction of sp³-hybridized carbons (Fsp3) is 1.00. The van der Waals surface area contributed by atoms with Crippen molar-refractivity contribution in [3.8, 4) is 0 Å². The van der Waals surface area contributed by atoms with Gasteiger partial charge in [-0.3, -0.25) is 9.13 Å². The summed E-state index contributed by atoms with van der Waals surface area (Å²) in [6.07, 6.45) is -0.856. The normalized spacial score (nSPS) is 11.2. The second kappa shape index (κ2) is 10.8. The van der Waals surface area contributed by atoms with E-state index < -0.39 is 26.7 Å². The SMILES string of the molecule is NCCCC(O)(P(=O)(O)O)P(=O)(O)O.O.O.O.[H-].[Na+]. The Labute approximate surface area is 126 Å². The van der Waals surface area contributed by atoms with Crippen LogP contribution in [-0.2, 0) is 9.13 Å². The van der Waals surface area contributed by atoms with Crippen molar-refractivity contribution < 1.29 is 81.2 Å². The maximum atomic E-state index is 10.7. The van der Waals surface area contributed by atoms with E-state index in [4.69, 9.17) is 25.3 Å². The quantitative estimate of drug-likeness (QED) is 0.208. The van der Waals surface area contributed by atoms with Gasteiger partial charge in [0.1, 0.15) is 0 Å². The zero-order valence-electron chi connectivity index (χ0n) is 10.6. The molecule has 0 atom stereocenters. The van der Waals surface area contributed by atoms with Crippen LogP contribution in [0.5, 0.6) is 0 Å². The predicted molar refractivity (Wildman–Crippen MR) is 59.3 cm³/mol. The maximum Gasteiger partial charge on any atom is 1.00 e. The first kappa shape index (κ1) is 31.5. The molecule has 0 saturated carbocycles. The van der Waals surface area contributed by atoms with E-state index >= 15 is 0 Å². The van der Waals surface area contributed by atoms with Crippen LogP contribution in [0.4, 0.5) is 0 Å². The number of aliphatic hydroxyl groups is 1. The van der Waals surface area contributed by atoms with E-state index in [2.05, 4.69) is 0 Å². The van der Waals surface area contributed by atoms with Crippen molar-refractivity contribution in [2.24, 2.45) is 5.73 Å². The van der Waals surface area contributed by atoms with Gasteiger partial charge in [-0.25, -0.2) is 0 Å². The minimum atomic E-state index is -5.30. The van der Waals surface area contributed by atoms with Crippen LogP contribution in [0.1, 0.15) is 14.3 Å². The molecule has 0 aliphatic rings. The molecule has 0 heterocycles. The van der Waals surface area contributed by atoms with E-state index in [-0.39, 0.29) is 60.4 Å². The van der Waals surface area contributed by atoms with Crippen LogP contribution in [-0.4, -0.2) is 52.7 Å². The minimum absolute atomic E-state index is 0. The molecule has 0 rings (SSSR count). The fourth-order valence-electron chi connectivity index (χ4n) is 0.800. The van der Waals surface area contributed by atoms with E-state index in [0.29, 0.717) is 0 Å². The van der Waals surface area contributed by atoms with Crippen molar-refractivity contribution in [1.29, 1.82) is 0 Å². The first-order valence-electron chi connectivity index (χ1n) is 3.60.